The molecule has 17 heavy (non-hydrogen) atoms. The van der Waals surface area contributed by atoms with Gasteiger partial charge in [0.25, 0.3) is 5.91 Å². The third-order valence-corrected chi connectivity index (χ3v) is 4.01. The van der Waals surface area contributed by atoms with Crippen molar-refractivity contribution in [2.45, 2.75) is 6.92 Å². The molecule has 1 amide bonds. The molecule has 0 radical (unpaired) electrons. The molecule has 0 fully saturated rings. The fraction of sp³-hybridized carbons (Fsp3) is 0.0909. The lowest BCUT2D eigenvalue weighted by Crippen LogP contribution is -2.10. The van der Waals surface area contributed by atoms with Crippen molar-refractivity contribution in [1.82, 2.24) is 4.98 Å². The largest absolute Gasteiger partial charge is 0.320 e. The first-order chi connectivity index (χ1) is 8.08. The second-order valence-electron chi connectivity index (χ2n) is 3.39. The topological polar surface area (TPSA) is 42.0 Å². The van der Waals surface area contributed by atoms with Gasteiger partial charge in [0.2, 0.25) is 0 Å². The lowest BCUT2D eigenvalue weighted by molar-refractivity contribution is 0.103. The van der Waals surface area contributed by atoms with Crippen LogP contribution < -0.4 is 5.32 Å². The van der Waals surface area contributed by atoms with Gasteiger partial charge in [-0.2, -0.15) is 0 Å². The van der Waals surface area contributed by atoms with Gasteiger partial charge < -0.3 is 5.32 Å². The third-order valence-electron chi connectivity index (χ3n) is 2.09. The standard InChI is InChI=1S/C11H8Cl2N2OS/c1-6-5-17-10(9(6)13)11(16)15-7-2-3-8(12)14-4-7/h2-5H,1H3,(H,15,16). The molecule has 0 saturated heterocycles. The Kier molecular flexibility index (Phi) is 3.66. The summed E-state index contributed by atoms with van der Waals surface area (Å²) in [6.07, 6.45) is 1.49. The van der Waals surface area contributed by atoms with Gasteiger partial charge in [0.15, 0.2) is 0 Å². The van der Waals surface area contributed by atoms with E-state index in [1.54, 1.807) is 12.1 Å². The number of aromatic nitrogens is 1. The van der Waals surface area contributed by atoms with E-state index in [-0.39, 0.29) is 5.91 Å². The van der Waals surface area contributed by atoms with Gasteiger partial charge in [-0.25, -0.2) is 4.98 Å². The molecule has 2 heterocycles. The predicted molar refractivity (Wildman–Crippen MR) is 71.3 cm³/mol. The van der Waals surface area contributed by atoms with E-state index >= 15 is 0 Å². The molecule has 6 heteroatoms. The number of aryl methyl sites for hydroxylation is 1. The quantitative estimate of drug-likeness (QED) is 0.848. The number of nitrogens with zero attached hydrogens (tertiary/aromatic N) is 1. The Balaban J connectivity index is 2.17. The zero-order valence-corrected chi connectivity index (χ0v) is 11.2. The van der Waals surface area contributed by atoms with E-state index in [9.17, 15) is 4.79 Å². The van der Waals surface area contributed by atoms with Gasteiger partial charge in [-0.15, -0.1) is 11.3 Å². The number of halogens is 2. The molecule has 2 rings (SSSR count). The lowest BCUT2D eigenvalue weighted by atomic mass is 10.3. The van der Waals surface area contributed by atoms with Crippen molar-refractivity contribution in [1.29, 1.82) is 0 Å². The van der Waals surface area contributed by atoms with Crippen LogP contribution in [0, 0.1) is 6.92 Å². The first-order valence-electron chi connectivity index (χ1n) is 4.74. The fourth-order valence-corrected chi connectivity index (χ4v) is 2.51. The fourth-order valence-electron chi connectivity index (χ4n) is 1.22. The summed E-state index contributed by atoms with van der Waals surface area (Å²) in [4.78, 5) is 16.3. The third kappa shape index (κ3) is 2.77. The summed E-state index contributed by atoms with van der Waals surface area (Å²) in [6.45, 7) is 1.86. The molecule has 0 unspecified atom stereocenters. The normalized spacial score (nSPS) is 10.3. The average molecular weight is 287 g/mol. The minimum atomic E-state index is -0.239. The maximum absolute atomic E-state index is 11.9. The molecule has 2 aromatic rings. The molecule has 0 aliphatic rings. The molecule has 0 bridgehead atoms. The van der Waals surface area contributed by atoms with Crippen molar-refractivity contribution in [2.24, 2.45) is 0 Å². The number of hydrogen-bond acceptors (Lipinski definition) is 3. The summed E-state index contributed by atoms with van der Waals surface area (Å²) in [5.41, 5.74) is 1.48. The molecule has 2 aromatic heterocycles. The first-order valence-corrected chi connectivity index (χ1v) is 6.38. The van der Waals surface area contributed by atoms with Crippen LogP contribution in [0.5, 0.6) is 0 Å². The molecule has 0 saturated carbocycles. The van der Waals surface area contributed by atoms with Gasteiger partial charge in [0.1, 0.15) is 10.0 Å². The minimum absolute atomic E-state index is 0.239. The number of rotatable bonds is 2. The van der Waals surface area contributed by atoms with Crippen LogP contribution in [-0.2, 0) is 0 Å². The van der Waals surface area contributed by atoms with Gasteiger partial charge in [-0.3, -0.25) is 4.79 Å². The smallest absolute Gasteiger partial charge is 0.267 e. The number of nitrogens with one attached hydrogen (secondary N) is 1. The van der Waals surface area contributed by atoms with E-state index in [4.69, 9.17) is 23.2 Å². The maximum Gasteiger partial charge on any atom is 0.267 e. The molecule has 3 nitrogen and oxygen atoms in total. The highest BCUT2D eigenvalue weighted by Crippen LogP contribution is 2.27. The van der Waals surface area contributed by atoms with E-state index < -0.39 is 0 Å². The molecule has 0 aliphatic heterocycles. The van der Waals surface area contributed by atoms with Crippen molar-refractivity contribution in [3.8, 4) is 0 Å². The monoisotopic (exact) mass is 286 g/mol. The first kappa shape index (κ1) is 12.4. The highest BCUT2D eigenvalue weighted by molar-refractivity contribution is 7.13. The Morgan fingerprint density at radius 1 is 1.41 bits per heavy atom. The van der Waals surface area contributed by atoms with E-state index in [0.717, 1.165) is 5.56 Å². The van der Waals surface area contributed by atoms with E-state index in [0.29, 0.717) is 20.7 Å². The highest BCUT2D eigenvalue weighted by Gasteiger charge is 2.14. The van der Waals surface area contributed by atoms with Crippen LogP contribution in [0.2, 0.25) is 10.2 Å². The summed E-state index contributed by atoms with van der Waals surface area (Å²) >= 11 is 13.0. The van der Waals surface area contributed by atoms with Crippen molar-refractivity contribution in [3.63, 3.8) is 0 Å². The van der Waals surface area contributed by atoms with Crippen LogP contribution in [0.15, 0.2) is 23.7 Å². The number of carbonyl (C=O) groups is 1. The zero-order chi connectivity index (χ0) is 12.4. The summed E-state index contributed by atoms with van der Waals surface area (Å²) < 4.78 is 0. The molecule has 0 atom stereocenters. The van der Waals surface area contributed by atoms with Crippen LogP contribution in [0.25, 0.3) is 0 Å². The zero-order valence-electron chi connectivity index (χ0n) is 8.83. The minimum Gasteiger partial charge on any atom is -0.320 e. The van der Waals surface area contributed by atoms with Gasteiger partial charge in [0.05, 0.1) is 16.9 Å². The summed E-state index contributed by atoms with van der Waals surface area (Å²) in [5, 5.41) is 5.43. The lowest BCUT2D eigenvalue weighted by Gasteiger charge is -2.03. The van der Waals surface area contributed by atoms with E-state index in [1.807, 2.05) is 12.3 Å². The van der Waals surface area contributed by atoms with Crippen LogP contribution in [0.3, 0.4) is 0 Å². The Bertz CT molecular complexity index is 551. The summed E-state index contributed by atoms with van der Waals surface area (Å²) in [5.74, 6) is -0.239. The maximum atomic E-state index is 11.9. The van der Waals surface area contributed by atoms with Crippen molar-refractivity contribution in [3.05, 3.63) is 44.3 Å². The number of hydrogen-bond donors (Lipinski definition) is 1. The predicted octanol–water partition coefficient (Wildman–Crippen LogP) is 4.01. The Morgan fingerprint density at radius 2 is 2.18 bits per heavy atom. The Morgan fingerprint density at radius 3 is 2.71 bits per heavy atom. The number of thiophene rings is 1. The number of carbonyl (C=O) groups excluding carboxylic acids is 1. The van der Waals surface area contributed by atoms with Crippen molar-refractivity contribution in [2.75, 3.05) is 5.32 Å². The number of amides is 1. The molecule has 0 aliphatic carbocycles. The summed E-state index contributed by atoms with van der Waals surface area (Å²) in [7, 11) is 0. The van der Waals surface area contributed by atoms with Gasteiger partial charge in [0, 0.05) is 0 Å². The van der Waals surface area contributed by atoms with E-state index in [1.165, 1.54) is 17.5 Å². The number of anilines is 1. The second kappa shape index (κ2) is 5.04. The summed E-state index contributed by atoms with van der Waals surface area (Å²) in [6, 6.07) is 3.29. The Hall–Kier alpha value is -1.10. The van der Waals surface area contributed by atoms with Crippen LogP contribution >= 0.6 is 34.5 Å². The van der Waals surface area contributed by atoms with Gasteiger partial charge in [-0.05, 0) is 30.0 Å². The van der Waals surface area contributed by atoms with Crippen LogP contribution in [0.1, 0.15) is 15.2 Å². The van der Waals surface area contributed by atoms with Gasteiger partial charge >= 0.3 is 0 Å². The SMILES string of the molecule is Cc1csc(C(=O)Nc2ccc(Cl)nc2)c1Cl. The van der Waals surface area contributed by atoms with Crippen molar-refractivity contribution >= 4 is 46.1 Å². The Labute approximate surface area is 112 Å². The second-order valence-corrected chi connectivity index (χ2v) is 5.03. The van der Waals surface area contributed by atoms with E-state index in [2.05, 4.69) is 10.3 Å². The average Bonchev–Trinajstić information content (AvgIpc) is 2.63. The van der Waals surface area contributed by atoms with Gasteiger partial charge in [-0.1, -0.05) is 23.2 Å². The van der Waals surface area contributed by atoms with Crippen molar-refractivity contribution < 1.29 is 4.79 Å². The molecule has 88 valence electrons. The molecular formula is C11H8Cl2N2OS. The molecular weight excluding hydrogens is 279 g/mol. The molecule has 0 aromatic carbocycles. The highest BCUT2D eigenvalue weighted by atomic mass is 35.5. The molecule has 1 N–H and O–H groups in total. The molecule has 0 spiro atoms. The van der Waals surface area contributed by atoms with Crippen LogP contribution in [-0.4, -0.2) is 10.9 Å². The van der Waals surface area contributed by atoms with Crippen LogP contribution in [0.4, 0.5) is 5.69 Å². The number of pyridine rings is 1.